The first-order chi connectivity index (χ1) is 30.9. The molecule has 4 atom stereocenters. The lowest BCUT2D eigenvalue weighted by Gasteiger charge is -2.30. The zero-order chi connectivity index (χ0) is 45.1. The van der Waals surface area contributed by atoms with Gasteiger partial charge in [-0.05, 0) is 84.0 Å². The van der Waals surface area contributed by atoms with Gasteiger partial charge in [-0.15, -0.1) is 0 Å². The number of aromatic nitrogens is 5. The summed E-state index contributed by atoms with van der Waals surface area (Å²) in [6, 6.07) is 29.8. The summed E-state index contributed by atoms with van der Waals surface area (Å²) in [6.07, 6.45) is 6.31. The smallest absolute Gasteiger partial charge is 0.407 e. The number of H-pyrrole nitrogens is 2. The molecule has 2 saturated heterocycles. The van der Waals surface area contributed by atoms with Crippen molar-refractivity contribution in [2.24, 2.45) is 11.8 Å². The van der Waals surface area contributed by atoms with E-state index < -0.39 is 18.2 Å². The van der Waals surface area contributed by atoms with Crippen molar-refractivity contribution < 1.29 is 23.9 Å². The molecule has 0 saturated carbocycles. The number of hydrogen-bond donors (Lipinski definition) is 4. The number of benzene rings is 3. The van der Waals surface area contributed by atoms with Gasteiger partial charge >= 0.3 is 6.09 Å². The number of nitrogens with zero attached hydrogens (tertiary/aromatic N) is 5. The molecule has 5 heterocycles. The van der Waals surface area contributed by atoms with E-state index in [1.165, 1.54) is 14.0 Å². The predicted molar refractivity (Wildman–Crippen MR) is 246 cm³/mol. The Balaban J connectivity index is 1.01. The number of aromatic amines is 2. The monoisotopic (exact) mass is 863 g/mol. The van der Waals surface area contributed by atoms with Gasteiger partial charge in [-0.1, -0.05) is 94.4 Å². The van der Waals surface area contributed by atoms with E-state index in [-0.39, 0.29) is 41.6 Å². The summed E-state index contributed by atoms with van der Waals surface area (Å²) < 4.78 is 7.06. The second-order valence-electron chi connectivity index (χ2n) is 17.5. The molecule has 0 spiro atoms. The van der Waals surface area contributed by atoms with Crippen LogP contribution in [0.4, 0.5) is 4.79 Å². The van der Waals surface area contributed by atoms with Crippen LogP contribution in [0, 0.1) is 11.8 Å². The van der Waals surface area contributed by atoms with Gasteiger partial charge in [0.1, 0.15) is 23.7 Å². The maximum Gasteiger partial charge on any atom is 0.407 e. The first-order valence-corrected chi connectivity index (χ1v) is 22.2. The van der Waals surface area contributed by atoms with Crippen LogP contribution >= 0.6 is 0 Å². The van der Waals surface area contributed by atoms with Crippen LogP contribution in [-0.2, 0) is 19.1 Å². The molecule has 2 aliphatic rings. The second kappa shape index (κ2) is 18.8. The molecule has 8 rings (SSSR count). The van der Waals surface area contributed by atoms with Crippen LogP contribution in [0.2, 0.25) is 0 Å². The van der Waals surface area contributed by atoms with Gasteiger partial charge in [0.05, 0.1) is 54.4 Å². The molecule has 2 fully saturated rings. The third kappa shape index (κ3) is 8.95. The highest BCUT2D eigenvalue weighted by Crippen LogP contribution is 2.37. The Morgan fingerprint density at radius 1 is 0.625 bits per heavy atom. The van der Waals surface area contributed by atoms with E-state index in [0.29, 0.717) is 13.1 Å². The van der Waals surface area contributed by atoms with Gasteiger partial charge in [0.25, 0.3) is 0 Å². The van der Waals surface area contributed by atoms with E-state index in [1.54, 1.807) is 0 Å². The molecule has 0 bridgehead atoms. The van der Waals surface area contributed by atoms with Crippen molar-refractivity contribution in [3.63, 3.8) is 0 Å². The van der Waals surface area contributed by atoms with Crippen LogP contribution < -0.4 is 10.6 Å². The Bertz CT molecular complexity index is 2590. The fraction of sp³-hybridized carbons (Fsp3) is 0.360. The standard InChI is InChI=1S/C50H57N9O5/c1-30(2)44(53-32(5)60)48(61)57-26-10-14-42(57)46-51-28-38(54-46)33-16-20-35(21-17-33)40-24-25-41(59(40)37-12-8-7-9-13-37)36-22-18-34(19-23-36)39-29-52-47(55-39)43-15-11-27-58(43)49(62)45(31(3)4)56-50(63)64-6/h7-9,12-13,16-25,28-31,42-45H,10-11,14-15,26-27H2,1-6H3,(H,51,54)(H,52,55)(H,53,60)(H,56,63)/t42-,43-,44-,45-/m0/s1. The third-order valence-corrected chi connectivity index (χ3v) is 12.5. The van der Waals surface area contributed by atoms with Gasteiger partial charge in [0.15, 0.2) is 0 Å². The van der Waals surface area contributed by atoms with Crippen molar-refractivity contribution in [2.45, 2.75) is 84.5 Å². The maximum atomic E-state index is 13.7. The molecule has 3 aromatic heterocycles. The number of carbonyl (C=O) groups excluding carboxylic acids is 4. The number of rotatable bonds is 13. The van der Waals surface area contributed by atoms with E-state index in [9.17, 15) is 19.2 Å². The largest absolute Gasteiger partial charge is 0.453 e. The number of methoxy groups -OCH3 is 1. The summed E-state index contributed by atoms with van der Waals surface area (Å²) in [7, 11) is 1.29. The highest BCUT2D eigenvalue weighted by atomic mass is 16.5. The van der Waals surface area contributed by atoms with Gasteiger partial charge in [0, 0.05) is 25.7 Å². The summed E-state index contributed by atoms with van der Waals surface area (Å²) >= 11 is 0. The Kier molecular flexibility index (Phi) is 12.8. The summed E-state index contributed by atoms with van der Waals surface area (Å²) in [5.74, 6) is 0.884. The summed E-state index contributed by atoms with van der Waals surface area (Å²) in [5, 5.41) is 5.56. The number of hydrogen-bond acceptors (Lipinski definition) is 7. The van der Waals surface area contributed by atoms with Gasteiger partial charge < -0.3 is 39.7 Å². The highest BCUT2D eigenvalue weighted by Gasteiger charge is 2.39. The molecule has 332 valence electrons. The zero-order valence-electron chi connectivity index (χ0n) is 37.3. The van der Waals surface area contributed by atoms with Crippen molar-refractivity contribution in [3.8, 4) is 50.7 Å². The summed E-state index contributed by atoms with van der Waals surface area (Å²) in [6.45, 7) is 10.4. The fourth-order valence-corrected chi connectivity index (χ4v) is 9.11. The summed E-state index contributed by atoms with van der Waals surface area (Å²) in [4.78, 5) is 71.4. The first-order valence-electron chi connectivity index (χ1n) is 22.2. The Morgan fingerprint density at radius 2 is 1.06 bits per heavy atom. The van der Waals surface area contributed by atoms with Gasteiger partial charge in [-0.3, -0.25) is 14.4 Å². The van der Waals surface area contributed by atoms with Crippen LogP contribution in [0.25, 0.3) is 50.7 Å². The molecule has 0 radical (unpaired) electrons. The second-order valence-corrected chi connectivity index (χ2v) is 17.5. The van der Waals surface area contributed by atoms with E-state index in [2.05, 4.69) is 98.0 Å². The molecule has 14 heteroatoms. The molecular formula is C50H57N9O5. The molecule has 0 aliphatic carbocycles. The lowest BCUT2D eigenvalue weighted by Crippen LogP contribution is -2.51. The Morgan fingerprint density at radius 3 is 1.48 bits per heavy atom. The average molecular weight is 864 g/mol. The molecule has 2 aliphatic heterocycles. The number of alkyl carbamates (subject to hydrolysis) is 1. The Labute approximate surface area is 373 Å². The molecule has 64 heavy (non-hydrogen) atoms. The quantitative estimate of drug-likeness (QED) is 0.0903. The molecule has 0 unspecified atom stereocenters. The number of ether oxygens (including phenoxy) is 1. The van der Waals surface area contributed by atoms with E-state index in [0.717, 1.165) is 88.0 Å². The molecule has 3 aromatic carbocycles. The minimum atomic E-state index is -0.697. The van der Waals surface area contributed by atoms with Gasteiger partial charge in [0.2, 0.25) is 17.7 Å². The van der Waals surface area contributed by atoms with Crippen LogP contribution in [0.5, 0.6) is 0 Å². The van der Waals surface area contributed by atoms with Crippen molar-refractivity contribution in [2.75, 3.05) is 20.2 Å². The van der Waals surface area contributed by atoms with Crippen LogP contribution in [0.1, 0.15) is 84.0 Å². The lowest BCUT2D eigenvalue weighted by atomic mass is 10.0. The highest BCUT2D eigenvalue weighted by molar-refractivity contribution is 5.88. The topological polar surface area (TPSA) is 170 Å². The molecule has 14 nitrogen and oxygen atoms in total. The average Bonchev–Trinajstić information content (AvgIpc) is 4.16. The van der Waals surface area contributed by atoms with Gasteiger partial charge in [-0.25, -0.2) is 14.8 Å². The van der Waals surface area contributed by atoms with E-state index in [4.69, 9.17) is 14.7 Å². The van der Waals surface area contributed by atoms with E-state index >= 15 is 0 Å². The minimum absolute atomic E-state index is 0.0374. The van der Waals surface area contributed by atoms with Crippen LogP contribution in [-0.4, -0.2) is 90.4 Å². The van der Waals surface area contributed by atoms with Crippen LogP contribution in [0.3, 0.4) is 0 Å². The lowest BCUT2D eigenvalue weighted by molar-refractivity contribution is -0.138. The Hall–Kier alpha value is -6.96. The molecule has 4 amide bonds. The van der Waals surface area contributed by atoms with Gasteiger partial charge in [-0.2, -0.15) is 0 Å². The van der Waals surface area contributed by atoms with Crippen molar-refractivity contribution in [3.05, 3.63) is 115 Å². The normalized spacial score (nSPS) is 17.2. The van der Waals surface area contributed by atoms with Crippen molar-refractivity contribution >= 4 is 23.8 Å². The van der Waals surface area contributed by atoms with Crippen molar-refractivity contribution in [1.82, 2.24) is 44.9 Å². The summed E-state index contributed by atoms with van der Waals surface area (Å²) in [5.41, 5.74) is 8.88. The number of imidazole rings is 2. The first kappa shape index (κ1) is 43.7. The SMILES string of the molecule is COC(=O)N[C@H](C(=O)N1CCC[C@H]1c1ncc(-c2ccc(-c3ccc(-c4ccc(-c5cnc([C@@H]6CCCN6C(=O)[C@@H](NC(C)=O)C(C)C)[nH]5)cc4)n3-c3ccccc3)cc2)[nH]1)C(C)C. The number of amides is 4. The molecular weight excluding hydrogens is 807 g/mol. The maximum absolute atomic E-state index is 13.7. The fourth-order valence-electron chi connectivity index (χ4n) is 9.11. The van der Waals surface area contributed by atoms with E-state index in [1.807, 2.05) is 68.1 Å². The predicted octanol–water partition coefficient (Wildman–Crippen LogP) is 8.46. The number of para-hydroxylation sites is 1. The number of likely N-dealkylation sites (tertiary alicyclic amines) is 2. The zero-order valence-corrected chi connectivity index (χ0v) is 37.3. The third-order valence-electron chi connectivity index (χ3n) is 12.5. The molecule has 6 aromatic rings. The number of nitrogens with one attached hydrogen (secondary N) is 4. The van der Waals surface area contributed by atoms with Crippen LogP contribution in [0.15, 0.2) is 103 Å². The van der Waals surface area contributed by atoms with Crippen molar-refractivity contribution in [1.29, 1.82) is 0 Å². The molecule has 4 N–H and O–H groups in total. The minimum Gasteiger partial charge on any atom is -0.453 e. The number of carbonyl (C=O) groups is 4.